The van der Waals surface area contributed by atoms with E-state index in [1.54, 1.807) is 12.1 Å². The second-order valence-electron chi connectivity index (χ2n) is 7.54. The molecule has 0 unspecified atom stereocenters. The molecule has 32 heavy (non-hydrogen) atoms. The van der Waals surface area contributed by atoms with Gasteiger partial charge in [0.2, 0.25) is 5.90 Å². The topological polar surface area (TPSA) is 104 Å². The molecule has 1 saturated heterocycles. The van der Waals surface area contributed by atoms with E-state index in [4.69, 9.17) is 27.5 Å². The summed E-state index contributed by atoms with van der Waals surface area (Å²) in [7, 11) is 0. The highest BCUT2D eigenvalue weighted by molar-refractivity contribution is 6.34. The Morgan fingerprint density at radius 3 is 2.66 bits per heavy atom. The van der Waals surface area contributed by atoms with Crippen molar-refractivity contribution in [3.63, 3.8) is 0 Å². The van der Waals surface area contributed by atoms with Gasteiger partial charge in [-0.25, -0.2) is 9.38 Å². The number of halogens is 2. The number of rotatable bonds is 8. The number of hydrogen-bond donors (Lipinski definition) is 3. The number of nitrogens with two attached hydrogens (primary N) is 1. The minimum Gasteiger partial charge on any atom is -0.407 e. The maximum absolute atomic E-state index is 13.8. The molecule has 0 aliphatic carbocycles. The zero-order chi connectivity index (χ0) is 22.9. The third kappa shape index (κ3) is 6.77. The molecule has 0 spiro atoms. The van der Waals surface area contributed by atoms with Gasteiger partial charge in [0.1, 0.15) is 5.82 Å². The van der Waals surface area contributed by atoms with E-state index in [1.165, 1.54) is 56.3 Å². The van der Waals surface area contributed by atoms with E-state index in [9.17, 15) is 9.18 Å². The van der Waals surface area contributed by atoms with E-state index >= 15 is 0 Å². The molecule has 7 nitrogen and oxygen atoms in total. The van der Waals surface area contributed by atoms with E-state index in [0.717, 1.165) is 19.4 Å². The zero-order valence-corrected chi connectivity index (χ0v) is 18.5. The fourth-order valence-electron chi connectivity index (χ4n) is 3.46. The Labute approximate surface area is 191 Å². The molecule has 1 heterocycles. The largest absolute Gasteiger partial charge is 0.407 e. The molecule has 2 aromatic carbocycles. The summed E-state index contributed by atoms with van der Waals surface area (Å²) in [5.41, 5.74) is 6.36. The molecule has 0 radical (unpaired) electrons. The highest BCUT2D eigenvalue weighted by Gasteiger charge is 2.14. The summed E-state index contributed by atoms with van der Waals surface area (Å²) in [6, 6.07) is 10.1. The fourth-order valence-corrected chi connectivity index (χ4v) is 3.72. The van der Waals surface area contributed by atoms with Crippen LogP contribution in [-0.4, -0.2) is 48.9 Å². The van der Waals surface area contributed by atoms with Gasteiger partial charge in [-0.1, -0.05) is 23.7 Å². The van der Waals surface area contributed by atoms with Crippen molar-refractivity contribution >= 4 is 35.1 Å². The number of ether oxygens (including phenoxy) is 1. The van der Waals surface area contributed by atoms with Crippen molar-refractivity contribution in [2.45, 2.75) is 25.7 Å². The average Bonchev–Trinajstić information content (AvgIpc) is 3.27. The van der Waals surface area contributed by atoms with Gasteiger partial charge >= 0.3 is 0 Å². The molecule has 170 valence electrons. The maximum Gasteiger partial charge on any atom is 0.288 e. The van der Waals surface area contributed by atoms with E-state index in [0.29, 0.717) is 17.8 Å². The van der Waals surface area contributed by atoms with Crippen LogP contribution in [0.2, 0.25) is 5.02 Å². The normalized spacial score (nSPS) is 14.4. The Morgan fingerprint density at radius 1 is 1.19 bits per heavy atom. The lowest BCUT2D eigenvalue weighted by atomic mass is 10.1. The zero-order valence-electron chi connectivity index (χ0n) is 17.7. The van der Waals surface area contributed by atoms with Crippen molar-refractivity contribution in [2.75, 3.05) is 31.5 Å². The molecule has 3 rings (SSSR count). The number of anilines is 1. The molecular formula is C23H27ClFN5O2. The minimum atomic E-state index is -0.617. The monoisotopic (exact) mass is 459 g/mol. The molecule has 0 saturated carbocycles. The Morgan fingerprint density at radius 2 is 1.94 bits per heavy atom. The molecule has 1 amide bonds. The van der Waals surface area contributed by atoms with Crippen molar-refractivity contribution < 1.29 is 13.9 Å². The summed E-state index contributed by atoms with van der Waals surface area (Å²) >= 11 is 6.24. The molecule has 1 aliphatic heterocycles. The number of carbonyl (C=O) groups excluding carboxylic acids is 1. The Bertz CT molecular complexity index is 992. The van der Waals surface area contributed by atoms with E-state index in [-0.39, 0.29) is 22.5 Å². The second-order valence-corrected chi connectivity index (χ2v) is 7.94. The molecule has 4 N–H and O–H groups in total. The number of unbranched alkanes of at least 4 members (excludes halogenated alkanes) is 1. The number of amides is 1. The second kappa shape index (κ2) is 11.6. The van der Waals surface area contributed by atoms with Gasteiger partial charge in [-0.3, -0.25) is 10.2 Å². The SMILES string of the molecule is N=C(OC(N)=NCCCCN1CCCC1)c1ccc(NC(=O)c2ccccc2F)cc1Cl. The van der Waals surface area contributed by atoms with Crippen LogP contribution in [0, 0.1) is 11.2 Å². The highest BCUT2D eigenvalue weighted by atomic mass is 35.5. The fraction of sp³-hybridized carbons (Fsp3) is 0.348. The van der Waals surface area contributed by atoms with Crippen LogP contribution in [0.15, 0.2) is 47.5 Å². The standard InChI is InChI=1S/C23H27ClFN5O2/c24-19-15-16(29-22(31)18-7-1-2-8-20(18)25)9-10-17(19)21(26)32-23(27)28-11-3-4-12-30-13-5-6-14-30/h1-2,7-10,15,26H,3-6,11-14H2,(H2,27,28)(H,29,31). The first-order chi connectivity index (χ1) is 15.4. The minimum absolute atomic E-state index is 0.0757. The summed E-state index contributed by atoms with van der Waals surface area (Å²) in [6.07, 6.45) is 4.50. The van der Waals surface area contributed by atoms with Crippen LogP contribution < -0.4 is 11.1 Å². The van der Waals surface area contributed by atoms with Crippen LogP contribution in [0.1, 0.15) is 41.6 Å². The van der Waals surface area contributed by atoms with Crippen molar-refractivity contribution in [3.05, 3.63) is 64.4 Å². The van der Waals surface area contributed by atoms with E-state index < -0.39 is 11.7 Å². The Hall–Kier alpha value is -2.97. The first-order valence-electron chi connectivity index (χ1n) is 10.6. The van der Waals surface area contributed by atoms with Crippen molar-refractivity contribution in [2.24, 2.45) is 10.7 Å². The molecule has 0 aromatic heterocycles. The molecular weight excluding hydrogens is 433 g/mol. The van der Waals surface area contributed by atoms with Crippen LogP contribution in [0.25, 0.3) is 0 Å². The highest BCUT2D eigenvalue weighted by Crippen LogP contribution is 2.22. The first-order valence-corrected chi connectivity index (χ1v) is 11.0. The van der Waals surface area contributed by atoms with Crippen molar-refractivity contribution in [1.29, 1.82) is 5.41 Å². The van der Waals surface area contributed by atoms with Gasteiger partial charge in [0.25, 0.3) is 11.9 Å². The molecule has 1 aliphatic rings. The van der Waals surface area contributed by atoms with Gasteiger partial charge in [0.05, 0.1) is 16.1 Å². The van der Waals surface area contributed by atoms with Crippen LogP contribution >= 0.6 is 11.6 Å². The third-order valence-corrected chi connectivity index (χ3v) is 5.46. The summed E-state index contributed by atoms with van der Waals surface area (Å²) in [5, 5.41) is 10.9. The number of nitrogens with zero attached hydrogens (tertiary/aromatic N) is 2. The number of likely N-dealkylation sites (tertiary alicyclic amines) is 1. The number of amidine groups is 1. The summed E-state index contributed by atoms with van der Waals surface area (Å²) in [5.74, 6) is -1.46. The number of hydrogen-bond acceptors (Lipinski definition) is 5. The van der Waals surface area contributed by atoms with Crippen molar-refractivity contribution in [1.82, 2.24) is 4.90 Å². The lowest BCUT2D eigenvalue weighted by Gasteiger charge is -2.13. The van der Waals surface area contributed by atoms with Gasteiger partial charge in [-0.2, -0.15) is 0 Å². The van der Waals surface area contributed by atoms with Gasteiger partial charge < -0.3 is 20.7 Å². The number of benzene rings is 2. The quantitative estimate of drug-likeness (QED) is 0.311. The predicted octanol–water partition coefficient (Wildman–Crippen LogP) is 4.26. The average molecular weight is 460 g/mol. The third-order valence-electron chi connectivity index (χ3n) is 5.15. The predicted molar refractivity (Wildman–Crippen MR) is 125 cm³/mol. The first kappa shape index (κ1) is 23.7. The Kier molecular flexibility index (Phi) is 8.58. The maximum atomic E-state index is 13.8. The Balaban J connectivity index is 1.49. The number of aliphatic imine (C=N–C) groups is 1. The summed E-state index contributed by atoms with van der Waals surface area (Å²) in [6.45, 7) is 3.96. The summed E-state index contributed by atoms with van der Waals surface area (Å²) in [4.78, 5) is 18.8. The van der Waals surface area contributed by atoms with E-state index in [2.05, 4.69) is 15.2 Å². The lowest BCUT2D eigenvalue weighted by Crippen LogP contribution is -2.22. The molecule has 1 fully saturated rings. The number of nitrogens with one attached hydrogen (secondary N) is 2. The van der Waals surface area contributed by atoms with Crippen LogP contribution in [0.5, 0.6) is 0 Å². The lowest BCUT2D eigenvalue weighted by molar-refractivity contribution is 0.102. The van der Waals surface area contributed by atoms with Crippen LogP contribution in [-0.2, 0) is 4.74 Å². The molecule has 9 heteroatoms. The van der Waals surface area contributed by atoms with Gasteiger partial charge in [-0.15, -0.1) is 0 Å². The molecule has 0 atom stereocenters. The van der Waals surface area contributed by atoms with Gasteiger partial charge in [-0.05, 0) is 75.6 Å². The summed E-state index contributed by atoms with van der Waals surface area (Å²) < 4.78 is 19.0. The number of carbonyl (C=O) groups is 1. The molecule has 2 aromatic rings. The van der Waals surface area contributed by atoms with Gasteiger partial charge in [0.15, 0.2) is 0 Å². The van der Waals surface area contributed by atoms with Crippen LogP contribution in [0.3, 0.4) is 0 Å². The molecule has 0 bridgehead atoms. The van der Waals surface area contributed by atoms with Crippen molar-refractivity contribution in [3.8, 4) is 0 Å². The van der Waals surface area contributed by atoms with Gasteiger partial charge in [0, 0.05) is 12.2 Å². The van der Waals surface area contributed by atoms with Crippen LogP contribution in [0.4, 0.5) is 10.1 Å². The van der Waals surface area contributed by atoms with E-state index in [1.807, 2.05) is 0 Å². The smallest absolute Gasteiger partial charge is 0.288 e.